The number of hydrogen-bond acceptors (Lipinski definition) is 7. The minimum absolute atomic E-state index is 0.0564. The third-order valence-corrected chi connectivity index (χ3v) is 4.76. The number of hydrogen-bond donors (Lipinski definition) is 0. The van der Waals surface area contributed by atoms with Crippen LogP contribution in [0.1, 0.15) is 18.9 Å². The summed E-state index contributed by atoms with van der Waals surface area (Å²) in [4.78, 5) is 29.4. The second-order valence-corrected chi connectivity index (χ2v) is 6.74. The van der Waals surface area contributed by atoms with Crippen LogP contribution in [0.5, 0.6) is 11.5 Å². The molecule has 0 saturated heterocycles. The number of ether oxygens (including phenoxy) is 2. The van der Waals surface area contributed by atoms with Crippen LogP contribution in [0.3, 0.4) is 0 Å². The summed E-state index contributed by atoms with van der Waals surface area (Å²) in [6, 6.07) is 6.52. The molecule has 2 heterocycles. The largest absolute Gasteiger partial charge is 0.490 e. The van der Waals surface area contributed by atoms with Crippen molar-refractivity contribution in [2.45, 2.75) is 19.9 Å². The van der Waals surface area contributed by atoms with Crippen molar-refractivity contribution in [3.05, 3.63) is 50.8 Å². The second kappa shape index (κ2) is 8.20. The van der Waals surface area contributed by atoms with Gasteiger partial charge in [-0.25, -0.2) is 4.98 Å². The minimum atomic E-state index is -0.583. The lowest BCUT2D eigenvalue weighted by molar-refractivity contribution is -0.134. The maximum absolute atomic E-state index is 12.3. The lowest BCUT2D eigenvalue weighted by Gasteiger charge is -2.13. The molecule has 27 heavy (non-hydrogen) atoms. The molecule has 0 saturated carbocycles. The van der Waals surface area contributed by atoms with E-state index in [1.807, 2.05) is 6.07 Å². The topological polar surface area (TPSA) is 94.2 Å². The third kappa shape index (κ3) is 4.10. The van der Waals surface area contributed by atoms with Gasteiger partial charge < -0.3 is 9.47 Å². The number of carbonyl (C=O) groups is 1. The van der Waals surface area contributed by atoms with Crippen molar-refractivity contribution in [2.24, 2.45) is 0 Å². The van der Waals surface area contributed by atoms with Crippen molar-refractivity contribution in [3.8, 4) is 17.6 Å². The summed E-state index contributed by atoms with van der Waals surface area (Å²) in [7, 11) is 0. The van der Waals surface area contributed by atoms with Crippen molar-refractivity contribution in [1.82, 2.24) is 9.55 Å². The Labute approximate surface area is 163 Å². The van der Waals surface area contributed by atoms with Crippen LogP contribution in [0, 0.1) is 11.3 Å². The van der Waals surface area contributed by atoms with Gasteiger partial charge in [-0.1, -0.05) is 11.6 Å². The number of halogens is 1. The maximum Gasteiger partial charge on any atom is 0.313 e. The molecular weight excluding hydrogens is 390 g/mol. The zero-order chi connectivity index (χ0) is 19.4. The van der Waals surface area contributed by atoms with Crippen LogP contribution in [0.2, 0.25) is 5.02 Å². The lowest BCUT2D eigenvalue weighted by Crippen LogP contribution is -2.22. The number of rotatable bonds is 6. The summed E-state index contributed by atoms with van der Waals surface area (Å²) < 4.78 is 12.1. The first-order valence-electron chi connectivity index (χ1n) is 8.03. The van der Waals surface area contributed by atoms with E-state index in [0.717, 1.165) is 0 Å². The smallest absolute Gasteiger partial charge is 0.313 e. The maximum atomic E-state index is 12.3. The number of aromatic nitrogens is 2. The Kier molecular flexibility index (Phi) is 5.74. The van der Waals surface area contributed by atoms with Crippen LogP contribution in [0.25, 0.3) is 10.2 Å². The summed E-state index contributed by atoms with van der Waals surface area (Å²) in [5.41, 5.74) is 0.0883. The van der Waals surface area contributed by atoms with Gasteiger partial charge in [0.05, 0.1) is 41.4 Å². The number of nitrogens with zero attached hydrogens (tertiary/aromatic N) is 3. The summed E-state index contributed by atoms with van der Waals surface area (Å²) >= 11 is 7.50. The molecule has 0 bridgehead atoms. The molecule has 0 amide bonds. The van der Waals surface area contributed by atoms with E-state index in [9.17, 15) is 9.59 Å². The molecule has 1 aromatic carbocycles. The van der Waals surface area contributed by atoms with Crippen LogP contribution < -0.4 is 15.0 Å². The highest BCUT2D eigenvalue weighted by atomic mass is 35.5. The van der Waals surface area contributed by atoms with E-state index >= 15 is 0 Å². The van der Waals surface area contributed by atoms with Gasteiger partial charge in [0.25, 0.3) is 5.56 Å². The number of nitriles is 1. The van der Waals surface area contributed by atoms with Gasteiger partial charge in [0.1, 0.15) is 4.83 Å². The lowest BCUT2D eigenvalue weighted by atomic mass is 10.2. The number of carbonyl (C=O) groups excluding carboxylic acids is 1. The molecule has 0 aliphatic rings. The number of esters is 1. The van der Waals surface area contributed by atoms with E-state index in [-0.39, 0.29) is 35.0 Å². The zero-order valence-electron chi connectivity index (χ0n) is 14.3. The molecule has 7 nitrogen and oxygen atoms in total. The van der Waals surface area contributed by atoms with Crippen LogP contribution in [0.15, 0.2) is 34.7 Å². The Hall–Kier alpha value is -2.89. The monoisotopic (exact) mass is 403 g/mol. The number of aryl methyl sites for hydroxylation is 1. The molecule has 3 aromatic rings. The molecule has 0 fully saturated rings. The molecule has 0 radical (unpaired) electrons. The molecule has 0 unspecified atom stereocenters. The van der Waals surface area contributed by atoms with Crippen LogP contribution in [-0.2, 0) is 11.3 Å². The van der Waals surface area contributed by atoms with Gasteiger partial charge in [0.15, 0.2) is 11.5 Å². The standard InChI is InChI=1S/C18H14ClN3O4S/c1-2-25-14-8-11(9-20)7-13(19)16(14)26-15(23)3-5-22-10-21-17-12(18(22)24)4-6-27-17/h4,6-8,10H,2-3,5H2,1H3. The van der Waals surface area contributed by atoms with Gasteiger partial charge in [-0.2, -0.15) is 5.26 Å². The molecule has 0 aliphatic carbocycles. The Morgan fingerprint density at radius 1 is 1.44 bits per heavy atom. The van der Waals surface area contributed by atoms with E-state index in [4.69, 9.17) is 26.3 Å². The molecular formula is C18H14ClN3O4S. The number of fused-ring (bicyclic) bond motifs is 1. The molecule has 0 aliphatic heterocycles. The van der Waals surface area contributed by atoms with Crippen molar-refractivity contribution in [3.63, 3.8) is 0 Å². The summed E-state index contributed by atoms with van der Waals surface area (Å²) in [6.07, 6.45) is 1.36. The molecule has 9 heteroatoms. The predicted molar refractivity (Wildman–Crippen MR) is 101 cm³/mol. The van der Waals surface area contributed by atoms with E-state index in [2.05, 4.69) is 4.98 Å². The van der Waals surface area contributed by atoms with Gasteiger partial charge >= 0.3 is 5.97 Å². The SMILES string of the molecule is CCOc1cc(C#N)cc(Cl)c1OC(=O)CCn1cnc2sccc2c1=O. The fourth-order valence-electron chi connectivity index (χ4n) is 2.42. The summed E-state index contributed by atoms with van der Waals surface area (Å²) in [6.45, 7) is 2.20. The zero-order valence-corrected chi connectivity index (χ0v) is 15.8. The van der Waals surface area contributed by atoms with Crippen LogP contribution >= 0.6 is 22.9 Å². The Morgan fingerprint density at radius 3 is 3.00 bits per heavy atom. The number of thiophene rings is 1. The van der Waals surface area contributed by atoms with Crippen LogP contribution in [0.4, 0.5) is 0 Å². The fourth-order valence-corrected chi connectivity index (χ4v) is 3.40. The Bertz CT molecular complexity index is 1100. The van der Waals surface area contributed by atoms with Gasteiger partial charge in [-0.3, -0.25) is 14.2 Å². The van der Waals surface area contributed by atoms with E-state index in [0.29, 0.717) is 22.4 Å². The third-order valence-electron chi connectivity index (χ3n) is 3.66. The summed E-state index contributed by atoms with van der Waals surface area (Å²) in [5, 5.41) is 11.4. The van der Waals surface area contributed by atoms with Crippen molar-refractivity contribution >= 4 is 39.1 Å². The molecule has 3 rings (SSSR count). The highest BCUT2D eigenvalue weighted by Gasteiger charge is 2.17. The van der Waals surface area contributed by atoms with Gasteiger partial charge in [0, 0.05) is 12.6 Å². The van der Waals surface area contributed by atoms with Crippen molar-refractivity contribution in [2.75, 3.05) is 6.61 Å². The fraction of sp³-hybridized carbons (Fsp3) is 0.222. The Morgan fingerprint density at radius 2 is 2.26 bits per heavy atom. The first kappa shape index (κ1) is 18.9. The van der Waals surface area contributed by atoms with E-state index < -0.39 is 5.97 Å². The average molecular weight is 404 g/mol. The van der Waals surface area contributed by atoms with Gasteiger partial charge in [-0.15, -0.1) is 11.3 Å². The Balaban J connectivity index is 1.75. The minimum Gasteiger partial charge on any atom is -0.490 e. The number of benzene rings is 1. The quantitative estimate of drug-likeness (QED) is 0.462. The highest BCUT2D eigenvalue weighted by Crippen LogP contribution is 2.36. The molecule has 0 N–H and O–H groups in total. The molecule has 0 atom stereocenters. The normalized spacial score (nSPS) is 10.6. The summed E-state index contributed by atoms with van der Waals surface area (Å²) in [5.74, 6) is -0.311. The second-order valence-electron chi connectivity index (χ2n) is 5.44. The van der Waals surface area contributed by atoms with Crippen LogP contribution in [-0.4, -0.2) is 22.1 Å². The van der Waals surface area contributed by atoms with E-state index in [1.165, 1.54) is 34.4 Å². The first-order valence-corrected chi connectivity index (χ1v) is 9.29. The van der Waals surface area contributed by atoms with Crippen molar-refractivity contribution < 1.29 is 14.3 Å². The molecule has 0 spiro atoms. The van der Waals surface area contributed by atoms with Gasteiger partial charge in [-0.05, 0) is 24.4 Å². The van der Waals surface area contributed by atoms with Gasteiger partial charge in [0.2, 0.25) is 0 Å². The molecule has 138 valence electrons. The highest BCUT2D eigenvalue weighted by molar-refractivity contribution is 7.16. The molecule has 2 aromatic heterocycles. The average Bonchev–Trinajstić information content (AvgIpc) is 3.13. The predicted octanol–water partition coefficient (Wildman–Crippen LogP) is 3.38. The first-order chi connectivity index (χ1) is 13.0. The van der Waals surface area contributed by atoms with Crippen molar-refractivity contribution in [1.29, 1.82) is 5.26 Å². The van der Waals surface area contributed by atoms with E-state index in [1.54, 1.807) is 18.4 Å².